The number of phenols is 1. The third kappa shape index (κ3) is 4.33. The topological polar surface area (TPSA) is 96.3 Å². The highest BCUT2D eigenvalue weighted by Crippen LogP contribution is 2.16. The van der Waals surface area contributed by atoms with Gasteiger partial charge in [0, 0.05) is 22.6 Å². The Morgan fingerprint density at radius 3 is 2.30 bits per heavy atom. The number of hydrogen-bond donors (Lipinski definition) is 3. The number of carbonyl (C=O) groups is 2. The summed E-state index contributed by atoms with van der Waals surface area (Å²) in [5.41, 5.74) is 3.99. The molecule has 0 unspecified atom stereocenters. The minimum atomic E-state index is -0.383. The van der Waals surface area contributed by atoms with Crippen molar-refractivity contribution in [3.8, 4) is 11.4 Å². The summed E-state index contributed by atoms with van der Waals surface area (Å²) in [6.07, 6.45) is 1.76. The van der Waals surface area contributed by atoms with Gasteiger partial charge in [-0.3, -0.25) is 9.59 Å². The van der Waals surface area contributed by atoms with E-state index < -0.39 is 0 Å². The molecule has 3 rings (SSSR count). The lowest BCUT2D eigenvalue weighted by atomic mass is 10.2. The molecule has 2 amide bonds. The van der Waals surface area contributed by atoms with Gasteiger partial charge >= 0.3 is 0 Å². The standard InChI is InChI=1S/C20H20N4O3/c1-13-14(2)24(12-22-13)17-7-5-16(6-8-17)23-19(26)11-21-20(27)15-3-9-18(25)10-4-15/h3-10,12,25H,11H2,1-2H3,(H,21,27)(H,23,26). The van der Waals surface area contributed by atoms with Gasteiger partial charge in [0.2, 0.25) is 5.91 Å². The summed E-state index contributed by atoms with van der Waals surface area (Å²) in [4.78, 5) is 28.3. The third-order valence-corrected chi connectivity index (χ3v) is 4.22. The summed E-state index contributed by atoms with van der Waals surface area (Å²) in [5.74, 6) is -0.634. The van der Waals surface area contributed by atoms with Crippen molar-refractivity contribution in [2.24, 2.45) is 0 Å². The zero-order valence-corrected chi connectivity index (χ0v) is 15.1. The van der Waals surface area contributed by atoms with E-state index in [1.54, 1.807) is 18.5 Å². The smallest absolute Gasteiger partial charge is 0.251 e. The highest BCUT2D eigenvalue weighted by atomic mass is 16.3. The van der Waals surface area contributed by atoms with Crippen molar-refractivity contribution in [2.75, 3.05) is 11.9 Å². The molecule has 1 heterocycles. The molecule has 0 bridgehead atoms. The molecule has 0 saturated heterocycles. The molecule has 0 spiro atoms. The minimum Gasteiger partial charge on any atom is -0.508 e. The van der Waals surface area contributed by atoms with Crippen LogP contribution in [0.15, 0.2) is 54.9 Å². The molecule has 2 aromatic carbocycles. The minimum absolute atomic E-state index is 0.0776. The number of phenolic OH excluding ortho intramolecular Hbond substituents is 1. The highest BCUT2D eigenvalue weighted by Gasteiger charge is 2.09. The molecule has 7 nitrogen and oxygen atoms in total. The first kappa shape index (κ1) is 18.2. The van der Waals surface area contributed by atoms with Crippen molar-refractivity contribution >= 4 is 17.5 Å². The number of amides is 2. The fourth-order valence-electron chi connectivity index (χ4n) is 2.54. The molecule has 0 saturated carbocycles. The van der Waals surface area contributed by atoms with Gasteiger partial charge in [-0.15, -0.1) is 0 Å². The number of aryl methyl sites for hydroxylation is 1. The summed E-state index contributed by atoms with van der Waals surface area (Å²) in [6, 6.07) is 13.2. The molecule has 0 radical (unpaired) electrons. The SMILES string of the molecule is Cc1ncn(-c2ccc(NC(=O)CNC(=O)c3ccc(O)cc3)cc2)c1C. The van der Waals surface area contributed by atoms with Crippen LogP contribution < -0.4 is 10.6 Å². The predicted molar refractivity (Wildman–Crippen MR) is 102 cm³/mol. The Labute approximate surface area is 156 Å². The maximum absolute atomic E-state index is 12.0. The number of carbonyl (C=O) groups excluding carboxylic acids is 2. The van der Waals surface area contributed by atoms with Crippen molar-refractivity contribution < 1.29 is 14.7 Å². The average Bonchev–Trinajstić information content (AvgIpc) is 3.00. The van der Waals surface area contributed by atoms with Crippen LogP contribution in [0, 0.1) is 13.8 Å². The van der Waals surface area contributed by atoms with Gasteiger partial charge < -0.3 is 20.3 Å². The van der Waals surface area contributed by atoms with E-state index in [9.17, 15) is 14.7 Å². The molecule has 0 aliphatic heterocycles. The molecule has 1 aromatic heterocycles. The summed E-state index contributed by atoms with van der Waals surface area (Å²) in [5, 5.41) is 14.5. The first-order valence-electron chi connectivity index (χ1n) is 8.42. The summed E-state index contributed by atoms with van der Waals surface area (Å²) >= 11 is 0. The van der Waals surface area contributed by atoms with Gasteiger partial charge in [0.25, 0.3) is 5.91 Å². The number of benzene rings is 2. The Kier molecular flexibility index (Phi) is 5.21. The predicted octanol–water partition coefficient (Wildman–Crippen LogP) is 2.56. The van der Waals surface area contributed by atoms with Gasteiger partial charge in [-0.25, -0.2) is 4.98 Å². The van der Waals surface area contributed by atoms with E-state index in [0.717, 1.165) is 17.1 Å². The van der Waals surface area contributed by atoms with Crippen LogP contribution >= 0.6 is 0 Å². The normalized spacial score (nSPS) is 10.4. The number of aromatic hydroxyl groups is 1. The third-order valence-electron chi connectivity index (χ3n) is 4.22. The van der Waals surface area contributed by atoms with Crippen molar-refractivity contribution in [1.82, 2.24) is 14.9 Å². The number of nitrogens with zero attached hydrogens (tertiary/aromatic N) is 2. The van der Waals surface area contributed by atoms with E-state index in [0.29, 0.717) is 11.3 Å². The first-order chi connectivity index (χ1) is 12.9. The molecule has 27 heavy (non-hydrogen) atoms. The summed E-state index contributed by atoms with van der Waals surface area (Å²) < 4.78 is 1.97. The quantitative estimate of drug-likeness (QED) is 0.648. The molecule has 3 N–H and O–H groups in total. The Bertz CT molecular complexity index is 960. The number of rotatable bonds is 5. The van der Waals surface area contributed by atoms with Gasteiger partial charge in [-0.1, -0.05) is 0 Å². The fourth-order valence-corrected chi connectivity index (χ4v) is 2.54. The van der Waals surface area contributed by atoms with Crippen LogP contribution in [-0.2, 0) is 4.79 Å². The Morgan fingerprint density at radius 2 is 1.70 bits per heavy atom. The second-order valence-electron chi connectivity index (χ2n) is 6.11. The summed E-state index contributed by atoms with van der Waals surface area (Å²) in [6.45, 7) is 3.79. The molecule has 0 aliphatic rings. The number of aromatic nitrogens is 2. The molecule has 0 atom stereocenters. The van der Waals surface area contributed by atoms with Crippen molar-refractivity contribution in [3.05, 3.63) is 71.8 Å². The largest absolute Gasteiger partial charge is 0.508 e. The Balaban J connectivity index is 1.55. The van der Waals surface area contributed by atoms with E-state index in [4.69, 9.17) is 0 Å². The van der Waals surface area contributed by atoms with Gasteiger partial charge in [0.1, 0.15) is 5.75 Å². The van der Waals surface area contributed by atoms with Crippen molar-refractivity contribution in [3.63, 3.8) is 0 Å². The van der Waals surface area contributed by atoms with Crippen LogP contribution in [0.25, 0.3) is 5.69 Å². The van der Waals surface area contributed by atoms with Gasteiger partial charge in [0.05, 0.1) is 18.6 Å². The van der Waals surface area contributed by atoms with E-state index in [-0.39, 0.29) is 24.1 Å². The van der Waals surface area contributed by atoms with E-state index in [2.05, 4.69) is 15.6 Å². The molecular weight excluding hydrogens is 344 g/mol. The zero-order valence-electron chi connectivity index (χ0n) is 15.1. The van der Waals surface area contributed by atoms with Crippen LogP contribution in [0.5, 0.6) is 5.75 Å². The lowest BCUT2D eigenvalue weighted by Gasteiger charge is -2.09. The number of anilines is 1. The van der Waals surface area contributed by atoms with Gasteiger partial charge in [0.15, 0.2) is 0 Å². The second kappa shape index (κ2) is 7.74. The highest BCUT2D eigenvalue weighted by molar-refractivity contribution is 5.99. The zero-order chi connectivity index (χ0) is 19.4. The van der Waals surface area contributed by atoms with E-state index in [1.165, 1.54) is 24.3 Å². The summed E-state index contributed by atoms with van der Waals surface area (Å²) in [7, 11) is 0. The van der Waals surface area contributed by atoms with Gasteiger partial charge in [-0.2, -0.15) is 0 Å². The maximum Gasteiger partial charge on any atom is 0.251 e. The van der Waals surface area contributed by atoms with Gasteiger partial charge in [-0.05, 0) is 62.4 Å². The van der Waals surface area contributed by atoms with Crippen LogP contribution in [0.3, 0.4) is 0 Å². The van der Waals surface area contributed by atoms with Crippen LogP contribution in [0.4, 0.5) is 5.69 Å². The molecule has 138 valence electrons. The fraction of sp³-hybridized carbons (Fsp3) is 0.150. The Morgan fingerprint density at radius 1 is 1.04 bits per heavy atom. The van der Waals surface area contributed by atoms with Crippen molar-refractivity contribution in [2.45, 2.75) is 13.8 Å². The van der Waals surface area contributed by atoms with Crippen molar-refractivity contribution in [1.29, 1.82) is 0 Å². The lowest BCUT2D eigenvalue weighted by molar-refractivity contribution is -0.115. The van der Waals surface area contributed by atoms with Crippen LogP contribution in [0.2, 0.25) is 0 Å². The molecular formula is C20H20N4O3. The number of nitrogens with one attached hydrogen (secondary N) is 2. The van der Waals surface area contributed by atoms with E-state index >= 15 is 0 Å². The van der Waals surface area contributed by atoms with Crippen LogP contribution in [-0.4, -0.2) is 33.0 Å². The number of hydrogen-bond acceptors (Lipinski definition) is 4. The first-order valence-corrected chi connectivity index (χ1v) is 8.42. The lowest BCUT2D eigenvalue weighted by Crippen LogP contribution is -2.32. The average molecular weight is 364 g/mol. The molecule has 3 aromatic rings. The Hall–Kier alpha value is -3.61. The molecule has 0 aliphatic carbocycles. The monoisotopic (exact) mass is 364 g/mol. The van der Waals surface area contributed by atoms with Crippen LogP contribution in [0.1, 0.15) is 21.7 Å². The van der Waals surface area contributed by atoms with E-state index in [1.807, 2.05) is 30.5 Å². The number of imidazole rings is 1. The molecule has 0 fully saturated rings. The maximum atomic E-state index is 12.0. The molecule has 7 heteroatoms. The second-order valence-corrected chi connectivity index (χ2v) is 6.11.